The van der Waals surface area contributed by atoms with E-state index in [4.69, 9.17) is 5.11 Å². The molecule has 0 atom stereocenters. The molecule has 0 aliphatic carbocycles. The molecule has 0 aromatic carbocycles. The fraction of sp³-hybridized carbons (Fsp3) is 0.500. The summed E-state index contributed by atoms with van der Waals surface area (Å²) in [5.41, 5.74) is 0. The van der Waals surface area contributed by atoms with Gasteiger partial charge in [-0.2, -0.15) is 0 Å². The smallest absolute Gasteiger partial charge is 0.319 e. The van der Waals surface area contributed by atoms with Crippen molar-refractivity contribution in [2.24, 2.45) is 0 Å². The molecule has 0 aliphatic rings. The maximum absolute atomic E-state index is 11.9. The SMILES string of the molecule is CN(CCC(=O)O)C(=O)N(C)CCc1cccs1. The van der Waals surface area contributed by atoms with Crippen LogP contribution in [0.5, 0.6) is 0 Å². The lowest BCUT2D eigenvalue weighted by Crippen LogP contribution is -2.40. The van der Waals surface area contributed by atoms with Gasteiger partial charge in [0, 0.05) is 32.1 Å². The number of thiophene rings is 1. The van der Waals surface area contributed by atoms with E-state index in [1.807, 2.05) is 17.5 Å². The van der Waals surface area contributed by atoms with Crippen LogP contribution in [0.2, 0.25) is 0 Å². The lowest BCUT2D eigenvalue weighted by molar-refractivity contribution is -0.137. The Bertz CT molecular complexity index is 392. The zero-order chi connectivity index (χ0) is 13.5. The zero-order valence-corrected chi connectivity index (χ0v) is 11.4. The minimum Gasteiger partial charge on any atom is -0.481 e. The summed E-state index contributed by atoms with van der Waals surface area (Å²) in [6.45, 7) is 0.869. The first-order chi connectivity index (χ1) is 8.50. The van der Waals surface area contributed by atoms with Gasteiger partial charge in [0.1, 0.15) is 0 Å². The van der Waals surface area contributed by atoms with Crippen molar-refractivity contribution in [2.75, 3.05) is 27.2 Å². The largest absolute Gasteiger partial charge is 0.481 e. The van der Waals surface area contributed by atoms with Crippen molar-refractivity contribution in [3.8, 4) is 0 Å². The molecule has 1 aromatic heterocycles. The maximum atomic E-state index is 11.9. The van der Waals surface area contributed by atoms with Crippen molar-refractivity contribution in [2.45, 2.75) is 12.8 Å². The Hall–Kier alpha value is -1.56. The van der Waals surface area contributed by atoms with Gasteiger partial charge in [-0.3, -0.25) is 4.79 Å². The highest BCUT2D eigenvalue weighted by atomic mass is 32.1. The number of urea groups is 1. The van der Waals surface area contributed by atoms with Crippen molar-refractivity contribution in [1.29, 1.82) is 0 Å². The number of hydrogen-bond donors (Lipinski definition) is 1. The summed E-state index contributed by atoms with van der Waals surface area (Å²) < 4.78 is 0. The highest BCUT2D eigenvalue weighted by Crippen LogP contribution is 2.09. The van der Waals surface area contributed by atoms with Gasteiger partial charge in [0.2, 0.25) is 0 Å². The second-order valence-electron chi connectivity index (χ2n) is 4.10. The summed E-state index contributed by atoms with van der Waals surface area (Å²) >= 11 is 1.67. The summed E-state index contributed by atoms with van der Waals surface area (Å²) in [6.07, 6.45) is 0.799. The summed E-state index contributed by atoms with van der Waals surface area (Å²) in [7, 11) is 3.35. The van der Waals surface area contributed by atoms with E-state index >= 15 is 0 Å². The highest BCUT2D eigenvalue weighted by molar-refractivity contribution is 7.09. The molecule has 1 aromatic rings. The predicted octanol–water partition coefficient (Wildman–Crippen LogP) is 1.75. The fourth-order valence-corrected chi connectivity index (χ4v) is 2.18. The minimum atomic E-state index is -0.893. The van der Waals surface area contributed by atoms with Gasteiger partial charge in [-0.25, -0.2) is 4.79 Å². The third-order valence-corrected chi connectivity index (χ3v) is 3.52. The third-order valence-electron chi connectivity index (χ3n) is 2.59. The zero-order valence-electron chi connectivity index (χ0n) is 10.6. The van der Waals surface area contributed by atoms with Crippen LogP contribution in [0.3, 0.4) is 0 Å². The van der Waals surface area contributed by atoms with Crippen molar-refractivity contribution < 1.29 is 14.7 Å². The molecule has 0 saturated heterocycles. The normalized spacial score (nSPS) is 10.1. The van der Waals surface area contributed by atoms with Crippen molar-refractivity contribution in [3.63, 3.8) is 0 Å². The van der Waals surface area contributed by atoms with Crippen LogP contribution in [0.1, 0.15) is 11.3 Å². The van der Waals surface area contributed by atoms with E-state index in [1.54, 1.807) is 30.3 Å². The lowest BCUT2D eigenvalue weighted by Gasteiger charge is -2.24. The molecule has 0 unspecified atom stereocenters. The van der Waals surface area contributed by atoms with E-state index in [0.29, 0.717) is 6.54 Å². The number of rotatable bonds is 6. The van der Waals surface area contributed by atoms with Gasteiger partial charge in [-0.1, -0.05) is 6.07 Å². The molecule has 5 nitrogen and oxygen atoms in total. The first-order valence-corrected chi connectivity index (χ1v) is 6.59. The molecule has 0 spiro atoms. The van der Waals surface area contributed by atoms with Crippen molar-refractivity contribution in [3.05, 3.63) is 22.4 Å². The van der Waals surface area contributed by atoms with E-state index in [1.165, 1.54) is 9.78 Å². The van der Waals surface area contributed by atoms with Crippen LogP contribution in [0.4, 0.5) is 4.79 Å². The standard InChI is InChI=1S/C12H18N2O3S/c1-13(7-5-10-4-3-9-18-10)12(17)14(2)8-6-11(15)16/h3-4,9H,5-8H2,1-2H3,(H,15,16). The summed E-state index contributed by atoms with van der Waals surface area (Å²) in [4.78, 5) is 26.6. The van der Waals surface area contributed by atoms with Crippen molar-refractivity contribution >= 4 is 23.3 Å². The summed E-state index contributed by atoms with van der Waals surface area (Å²) in [6, 6.07) is 3.88. The van der Waals surface area contributed by atoms with Gasteiger partial charge in [0.05, 0.1) is 6.42 Å². The van der Waals surface area contributed by atoms with Crippen molar-refractivity contribution in [1.82, 2.24) is 9.80 Å². The molecule has 1 rings (SSSR count). The first-order valence-electron chi connectivity index (χ1n) is 5.71. The molecule has 0 radical (unpaired) electrons. The summed E-state index contributed by atoms with van der Waals surface area (Å²) in [5, 5.41) is 10.6. The number of amides is 2. The number of carboxylic acid groups (broad SMARTS) is 1. The number of carbonyl (C=O) groups is 2. The van der Waals surface area contributed by atoms with E-state index in [9.17, 15) is 9.59 Å². The van der Waals surface area contributed by atoms with Gasteiger partial charge in [-0.05, 0) is 17.9 Å². The molecule has 0 fully saturated rings. The minimum absolute atomic E-state index is 0.0268. The molecule has 1 N–H and O–H groups in total. The molecule has 6 heteroatoms. The Morgan fingerprint density at radius 2 is 1.94 bits per heavy atom. The van der Waals surface area contributed by atoms with Gasteiger partial charge >= 0.3 is 12.0 Å². The molecular formula is C12H18N2O3S. The van der Waals surface area contributed by atoms with Gasteiger partial charge in [0.25, 0.3) is 0 Å². The first kappa shape index (κ1) is 14.5. The van der Waals surface area contributed by atoms with E-state index < -0.39 is 5.97 Å². The molecular weight excluding hydrogens is 252 g/mol. The maximum Gasteiger partial charge on any atom is 0.319 e. The van der Waals surface area contributed by atoms with Crippen LogP contribution >= 0.6 is 11.3 Å². The Labute approximate surface area is 111 Å². The summed E-state index contributed by atoms with van der Waals surface area (Å²) in [5.74, 6) is -0.893. The van der Waals surface area contributed by atoms with Crippen LogP contribution in [0.25, 0.3) is 0 Å². The molecule has 1 heterocycles. The second-order valence-corrected chi connectivity index (χ2v) is 5.13. The Kier molecular flexibility index (Phi) is 5.64. The molecule has 18 heavy (non-hydrogen) atoms. The fourth-order valence-electron chi connectivity index (χ4n) is 1.48. The van der Waals surface area contributed by atoms with Gasteiger partial charge in [-0.15, -0.1) is 11.3 Å². The Morgan fingerprint density at radius 3 is 2.50 bits per heavy atom. The van der Waals surface area contributed by atoms with Crippen LogP contribution in [0, 0.1) is 0 Å². The number of likely N-dealkylation sites (N-methyl/N-ethyl adjacent to an activating group) is 1. The molecule has 0 aliphatic heterocycles. The number of aliphatic carboxylic acids is 1. The van der Waals surface area contributed by atoms with E-state index in [-0.39, 0.29) is 19.0 Å². The predicted molar refractivity (Wildman–Crippen MR) is 70.9 cm³/mol. The number of nitrogens with zero attached hydrogens (tertiary/aromatic N) is 2. The van der Waals surface area contributed by atoms with Crippen LogP contribution in [-0.2, 0) is 11.2 Å². The monoisotopic (exact) mass is 270 g/mol. The molecule has 2 amide bonds. The average Bonchev–Trinajstić information content (AvgIpc) is 2.85. The van der Waals surface area contributed by atoms with Crippen LogP contribution in [0.15, 0.2) is 17.5 Å². The third kappa shape index (κ3) is 4.75. The molecule has 0 bridgehead atoms. The van der Waals surface area contributed by atoms with E-state index in [2.05, 4.69) is 0 Å². The average molecular weight is 270 g/mol. The van der Waals surface area contributed by atoms with Crippen LogP contribution in [-0.4, -0.2) is 54.1 Å². The highest BCUT2D eigenvalue weighted by Gasteiger charge is 2.14. The molecule has 100 valence electrons. The lowest BCUT2D eigenvalue weighted by atomic mass is 10.3. The second kappa shape index (κ2) is 7.00. The number of carbonyl (C=O) groups excluding carboxylic acids is 1. The Balaban J connectivity index is 2.33. The van der Waals surface area contributed by atoms with Crippen LogP contribution < -0.4 is 0 Å². The quantitative estimate of drug-likeness (QED) is 0.856. The number of carboxylic acids is 1. The topological polar surface area (TPSA) is 60.9 Å². The Morgan fingerprint density at radius 1 is 1.28 bits per heavy atom. The van der Waals surface area contributed by atoms with Gasteiger partial charge < -0.3 is 14.9 Å². The van der Waals surface area contributed by atoms with Gasteiger partial charge in [0.15, 0.2) is 0 Å². The van der Waals surface area contributed by atoms with E-state index in [0.717, 1.165) is 6.42 Å². The number of hydrogen-bond acceptors (Lipinski definition) is 3. The molecule has 0 saturated carbocycles.